The van der Waals surface area contributed by atoms with E-state index in [9.17, 15) is 18.5 Å². The highest BCUT2D eigenvalue weighted by atomic mass is 32.2. The number of halogens is 1. The molecule has 9 heteroatoms. The fourth-order valence-electron chi connectivity index (χ4n) is 3.14. The minimum Gasteiger partial charge on any atom is -0.383 e. The molecule has 1 atom stereocenters. The summed E-state index contributed by atoms with van der Waals surface area (Å²) in [6.45, 7) is 14.1. The van der Waals surface area contributed by atoms with E-state index >= 15 is 0 Å². The van der Waals surface area contributed by atoms with Gasteiger partial charge in [-0.15, -0.1) is 15.7 Å². The van der Waals surface area contributed by atoms with Crippen molar-refractivity contribution in [3.63, 3.8) is 0 Å². The first-order valence-corrected chi connectivity index (χ1v) is 11.9. The van der Waals surface area contributed by atoms with Gasteiger partial charge in [0.1, 0.15) is 20.6 Å². The third kappa shape index (κ3) is 5.19. The summed E-state index contributed by atoms with van der Waals surface area (Å²) >= 11 is 0.962. The van der Waals surface area contributed by atoms with Gasteiger partial charge in [-0.3, -0.25) is 4.79 Å². The van der Waals surface area contributed by atoms with E-state index in [1.165, 1.54) is 12.3 Å². The van der Waals surface area contributed by atoms with Crippen LogP contribution in [-0.4, -0.2) is 26.9 Å². The monoisotopic (exact) mass is 453 g/mol. The molecule has 0 radical (unpaired) electrons. The second kappa shape index (κ2) is 9.03. The standard InChI is InChI=1S/C21H28FN3O3S2/c1-12(2)14-8-9-16(22)19(13(3)4)15(14)10-17(26)25-30(28,23-7)18-11-24-20(29-18)21(5,6)27/h8-9,11-13,27H,7,10H2,1-6H3/t30-/m0/s1. The summed E-state index contributed by atoms with van der Waals surface area (Å²) in [5.74, 6) is -1.12. The molecule has 0 aliphatic rings. The third-order valence-electron chi connectivity index (χ3n) is 4.54. The number of aliphatic hydroxyl groups is 1. The van der Waals surface area contributed by atoms with Crippen LogP contribution >= 0.6 is 11.3 Å². The first kappa shape index (κ1) is 24.3. The largest absolute Gasteiger partial charge is 0.383 e. The van der Waals surface area contributed by atoms with Gasteiger partial charge >= 0.3 is 0 Å². The molecular formula is C21H28FN3O3S2. The highest BCUT2D eigenvalue weighted by molar-refractivity contribution is 7.94. The molecule has 1 N–H and O–H groups in total. The Bertz CT molecular complexity index is 1080. The minimum absolute atomic E-state index is 0.0728. The van der Waals surface area contributed by atoms with E-state index in [4.69, 9.17) is 0 Å². The summed E-state index contributed by atoms with van der Waals surface area (Å²) in [5.41, 5.74) is 0.656. The molecule has 0 unspecified atom stereocenters. The van der Waals surface area contributed by atoms with Crippen molar-refractivity contribution >= 4 is 33.9 Å². The predicted octanol–water partition coefficient (Wildman–Crippen LogP) is 4.97. The van der Waals surface area contributed by atoms with Gasteiger partial charge in [0.25, 0.3) is 5.91 Å². The molecule has 0 fully saturated rings. The number of nitrogens with zero attached hydrogens (tertiary/aromatic N) is 3. The lowest BCUT2D eigenvalue weighted by atomic mass is 9.86. The first-order chi connectivity index (χ1) is 13.8. The molecule has 0 saturated heterocycles. The van der Waals surface area contributed by atoms with E-state index in [1.54, 1.807) is 19.9 Å². The third-order valence-corrected chi connectivity index (χ3v) is 7.97. The van der Waals surface area contributed by atoms with Gasteiger partial charge in [-0.2, -0.15) is 4.40 Å². The number of amides is 1. The molecular weight excluding hydrogens is 425 g/mol. The van der Waals surface area contributed by atoms with Crippen molar-refractivity contribution in [3.05, 3.63) is 45.8 Å². The lowest BCUT2D eigenvalue weighted by Crippen LogP contribution is -2.14. The average molecular weight is 454 g/mol. The van der Waals surface area contributed by atoms with E-state index in [2.05, 4.69) is 20.5 Å². The number of rotatable bonds is 7. The topological polar surface area (TPSA) is 92.0 Å². The lowest BCUT2D eigenvalue weighted by Gasteiger charge is -2.19. The van der Waals surface area contributed by atoms with Crippen LogP contribution < -0.4 is 0 Å². The van der Waals surface area contributed by atoms with Crippen LogP contribution in [0.15, 0.2) is 31.3 Å². The highest BCUT2D eigenvalue weighted by Crippen LogP contribution is 2.32. The van der Waals surface area contributed by atoms with Crippen LogP contribution in [0.25, 0.3) is 0 Å². The molecule has 6 nitrogen and oxygen atoms in total. The van der Waals surface area contributed by atoms with Crippen molar-refractivity contribution in [2.24, 2.45) is 8.76 Å². The number of hydrogen-bond donors (Lipinski definition) is 1. The summed E-state index contributed by atoms with van der Waals surface area (Å²) < 4.78 is 35.3. The molecule has 0 aliphatic heterocycles. The number of hydrogen-bond acceptors (Lipinski definition) is 5. The van der Waals surface area contributed by atoms with E-state index in [0.717, 1.165) is 16.9 Å². The van der Waals surface area contributed by atoms with Crippen LogP contribution in [0.3, 0.4) is 0 Å². The van der Waals surface area contributed by atoms with Crippen LogP contribution in [0.2, 0.25) is 0 Å². The molecule has 2 aromatic rings. The Labute approximate surface area is 181 Å². The normalized spacial score (nSPS) is 14.1. The summed E-state index contributed by atoms with van der Waals surface area (Å²) in [6.07, 6.45) is 1.09. The number of carbonyl (C=O) groups is 1. The second-order valence-electron chi connectivity index (χ2n) is 8.17. The summed E-state index contributed by atoms with van der Waals surface area (Å²) in [4.78, 5) is 16.9. The molecule has 1 amide bonds. The quantitative estimate of drug-likeness (QED) is 0.599. The minimum atomic E-state index is -3.50. The Morgan fingerprint density at radius 3 is 2.40 bits per heavy atom. The van der Waals surface area contributed by atoms with Crippen LogP contribution in [0.5, 0.6) is 0 Å². The lowest BCUT2D eigenvalue weighted by molar-refractivity contribution is -0.117. The summed E-state index contributed by atoms with van der Waals surface area (Å²) in [5, 5.41) is 10.4. The van der Waals surface area contributed by atoms with Crippen molar-refractivity contribution in [1.82, 2.24) is 4.98 Å². The molecule has 0 aliphatic carbocycles. The van der Waals surface area contributed by atoms with Crippen molar-refractivity contribution in [2.45, 2.75) is 69.6 Å². The van der Waals surface area contributed by atoms with Gasteiger partial charge in [0.2, 0.25) is 0 Å². The molecule has 1 heterocycles. The van der Waals surface area contributed by atoms with Gasteiger partial charge in [-0.25, -0.2) is 13.6 Å². The van der Waals surface area contributed by atoms with E-state index < -0.39 is 21.4 Å². The van der Waals surface area contributed by atoms with Crippen molar-refractivity contribution in [2.75, 3.05) is 0 Å². The Hall–Kier alpha value is -1.97. The molecule has 0 spiro atoms. The van der Waals surface area contributed by atoms with Gasteiger partial charge < -0.3 is 5.11 Å². The number of benzene rings is 1. The van der Waals surface area contributed by atoms with Crippen molar-refractivity contribution < 1.29 is 18.5 Å². The van der Waals surface area contributed by atoms with Gasteiger partial charge in [-0.1, -0.05) is 33.8 Å². The molecule has 2 rings (SSSR count). The predicted molar refractivity (Wildman–Crippen MR) is 119 cm³/mol. The van der Waals surface area contributed by atoms with E-state index in [0.29, 0.717) is 16.1 Å². The molecule has 0 bridgehead atoms. The smallest absolute Gasteiger partial charge is 0.259 e. The van der Waals surface area contributed by atoms with Crippen molar-refractivity contribution in [3.8, 4) is 0 Å². The maximum absolute atomic E-state index is 14.5. The Morgan fingerprint density at radius 1 is 1.30 bits per heavy atom. The molecule has 1 aromatic heterocycles. The first-order valence-electron chi connectivity index (χ1n) is 9.58. The van der Waals surface area contributed by atoms with Crippen LogP contribution in [0.1, 0.15) is 75.1 Å². The Kier molecular flexibility index (Phi) is 7.32. The van der Waals surface area contributed by atoms with E-state index in [1.807, 2.05) is 27.7 Å². The SMILES string of the molecule is C=N[S@](=O)(=NC(=O)Cc1c(C(C)C)ccc(F)c1C(C)C)c1cnc(C(C)(C)O)s1. The zero-order valence-electron chi connectivity index (χ0n) is 18.1. The summed E-state index contributed by atoms with van der Waals surface area (Å²) in [7, 11) is -3.50. The van der Waals surface area contributed by atoms with Crippen LogP contribution in [0.4, 0.5) is 4.39 Å². The Balaban J connectivity index is 2.52. The molecule has 1 aromatic carbocycles. The van der Waals surface area contributed by atoms with Gasteiger partial charge in [-0.05, 0) is 48.4 Å². The zero-order valence-corrected chi connectivity index (χ0v) is 19.7. The number of carbonyl (C=O) groups excluding carboxylic acids is 1. The van der Waals surface area contributed by atoms with Gasteiger partial charge in [0.15, 0.2) is 9.92 Å². The molecule has 30 heavy (non-hydrogen) atoms. The Morgan fingerprint density at radius 2 is 1.93 bits per heavy atom. The number of aromatic nitrogens is 1. The highest BCUT2D eigenvalue weighted by Gasteiger charge is 2.25. The molecule has 0 saturated carbocycles. The summed E-state index contributed by atoms with van der Waals surface area (Å²) in [6, 6.07) is 3.09. The zero-order chi connectivity index (χ0) is 22.9. The number of thiazole rings is 1. The van der Waals surface area contributed by atoms with Crippen LogP contribution in [-0.2, 0) is 26.7 Å². The van der Waals surface area contributed by atoms with Gasteiger partial charge in [0, 0.05) is 6.72 Å². The fourth-order valence-corrected chi connectivity index (χ4v) is 5.54. The second-order valence-corrected chi connectivity index (χ2v) is 11.3. The molecule has 164 valence electrons. The average Bonchev–Trinajstić information content (AvgIpc) is 3.12. The maximum atomic E-state index is 14.5. The van der Waals surface area contributed by atoms with Crippen molar-refractivity contribution in [1.29, 1.82) is 0 Å². The van der Waals surface area contributed by atoms with Crippen LogP contribution in [0, 0.1) is 5.82 Å². The maximum Gasteiger partial charge on any atom is 0.259 e. The van der Waals surface area contributed by atoms with E-state index in [-0.39, 0.29) is 28.3 Å². The fraction of sp³-hybridized carbons (Fsp3) is 0.476. The van der Waals surface area contributed by atoms with Gasteiger partial charge in [0.05, 0.1) is 12.6 Å².